The predicted octanol–water partition coefficient (Wildman–Crippen LogP) is 1.43. The second-order valence-corrected chi connectivity index (χ2v) is 4.38. The highest BCUT2D eigenvalue weighted by Crippen LogP contribution is 2.23. The molecule has 5 heteroatoms. The number of rotatable bonds is 2. The lowest BCUT2D eigenvalue weighted by Gasteiger charge is -2.05. The number of benzene rings is 1. The second kappa shape index (κ2) is 3.96. The van der Waals surface area contributed by atoms with Gasteiger partial charge in [-0.15, -0.1) is 0 Å². The zero-order chi connectivity index (χ0) is 12.7. The Kier molecular flexibility index (Phi) is 2.41. The molecule has 0 aliphatic heterocycles. The van der Waals surface area contributed by atoms with Crippen molar-refractivity contribution in [3.63, 3.8) is 0 Å². The van der Waals surface area contributed by atoms with Crippen molar-refractivity contribution in [3.05, 3.63) is 36.5 Å². The number of fused-ring (bicyclic) bond motifs is 1. The van der Waals surface area contributed by atoms with Crippen molar-refractivity contribution in [2.75, 3.05) is 0 Å². The normalized spacial score (nSPS) is 11.3. The molecule has 92 valence electrons. The van der Waals surface area contributed by atoms with E-state index < -0.39 is 0 Å². The Hall–Kier alpha value is -2.14. The zero-order valence-corrected chi connectivity index (χ0v) is 10.5. The van der Waals surface area contributed by atoms with Gasteiger partial charge < -0.3 is 14.9 Å². The molecule has 0 unspecified atom stereocenters. The highest BCUT2D eigenvalue weighted by molar-refractivity contribution is 5.81. The van der Waals surface area contributed by atoms with Crippen molar-refractivity contribution in [2.45, 2.75) is 6.54 Å². The van der Waals surface area contributed by atoms with Crippen molar-refractivity contribution >= 4 is 11.0 Å². The summed E-state index contributed by atoms with van der Waals surface area (Å²) in [6.45, 7) is 0.447. The molecule has 0 aliphatic rings. The van der Waals surface area contributed by atoms with Crippen LogP contribution in [0.5, 0.6) is 0 Å². The van der Waals surface area contributed by atoms with E-state index in [9.17, 15) is 0 Å². The van der Waals surface area contributed by atoms with Gasteiger partial charge in [-0.25, -0.2) is 9.97 Å². The van der Waals surface area contributed by atoms with Crippen LogP contribution in [0.1, 0.15) is 5.82 Å². The van der Waals surface area contributed by atoms with Crippen molar-refractivity contribution in [2.24, 2.45) is 19.8 Å². The number of aryl methyl sites for hydroxylation is 1. The van der Waals surface area contributed by atoms with E-state index in [0.29, 0.717) is 6.54 Å². The van der Waals surface area contributed by atoms with Crippen LogP contribution in [0.25, 0.3) is 22.3 Å². The van der Waals surface area contributed by atoms with E-state index in [0.717, 1.165) is 28.1 Å². The zero-order valence-electron chi connectivity index (χ0n) is 10.5. The SMILES string of the molecule is Cn1c(-c2ccc3c(c2)ncn3C)cnc1CN. The molecule has 3 rings (SSSR count). The average Bonchev–Trinajstić information content (AvgIpc) is 2.93. The van der Waals surface area contributed by atoms with Gasteiger partial charge in [0.1, 0.15) is 5.82 Å². The molecule has 0 atom stereocenters. The molecule has 18 heavy (non-hydrogen) atoms. The molecular formula is C13H15N5. The van der Waals surface area contributed by atoms with Crippen molar-refractivity contribution in [1.29, 1.82) is 0 Å². The summed E-state index contributed by atoms with van der Waals surface area (Å²) in [4.78, 5) is 8.68. The molecule has 0 fully saturated rings. The van der Waals surface area contributed by atoms with Crippen LogP contribution in [0, 0.1) is 0 Å². The fourth-order valence-electron chi connectivity index (χ4n) is 2.20. The van der Waals surface area contributed by atoms with Crippen molar-refractivity contribution in [1.82, 2.24) is 19.1 Å². The smallest absolute Gasteiger partial charge is 0.122 e. The molecule has 0 radical (unpaired) electrons. The highest BCUT2D eigenvalue weighted by atomic mass is 15.1. The van der Waals surface area contributed by atoms with E-state index in [4.69, 9.17) is 5.73 Å². The van der Waals surface area contributed by atoms with Gasteiger partial charge in [0, 0.05) is 19.7 Å². The summed E-state index contributed by atoms with van der Waals surface area (Å²) >= 11 is 0. The van der Waals surface area contributed by atoms with E-state index in [2.05, 4.69) is 28.2 Å². The molecule has 5 nitrogen and oxygen atoms in total. The minimum atomic E-state index is 0.447. The Balaban J connectivity index is 2.16. The number of imidazole rings is 2. The van der Waals surface area contributed by atoms with E-state index in [1.165, 1.54) is 0 Å². The van der Waals surface area contributed by atoms with E-state index in [1.54, 1.807) is 0 Å². The third kappa shape index (κ3) is 1.52. The van der Waals surface area contributed by atoms with Gasteiger partial charge >= 0.3 is 0 Å². The Bertz CT molecular complexity index is 707. The first-order chi connectivity index (χ1) is 8.70. The van der Waals surface area contributed by atoms with Gasteiger partial charge in [-0.05, 0) is 12.1 Å². The maximum Gasteiger partial charge on any atom is 0.122 e. The summed E-state index contributed by atoms with van der Waals surface area (Å²) in [6, 6.07) is 6.24. The second-order valence-electron chi connectivity index (χ2n) is 4.38. The Morgan fingerprint density at radius 2 is 2.06 bits per heavy atom. The van der Waals surface area contributed by atoms with Gasteiger partial charge in [0.2, 0.25) is 0 Å². The minimum Gasteiger partial charge on any atom is -0.334 e. The van der Waals surface area contributed by atoms with Gasteiger partial charge in [0.15, 0.2) is 0 Å². The number of aromatic nitrogens is 4. The van der Waals surface area contributed by atoms with Crippen LogP contribution in [-0.2, 0) is 20.6 Å². The standard InChI is InChI=1S/C13H15N5/c1-17-8-16-10-5-9(3-4-11(10)17)12-7-15-13(6-14)18(12)2/h3-5,7-8H,6,14H2,1-2H3. The molecule has 2 aromatic heterocycles. The minimum absolute atomic E-state index is 0.447. The van der Waals surface area contributed by atoms with Crippen LogP contribution in [-0.4, -0.2) is 19.1 Å². The molecule has 0 amide bonds. The molecule has 0 saturated heterocycles. The van der Waals surface area contributed by atoms with Crippen LogP contribution < -0.4 is 5.73 Å². The van der Waals surface area contributed by atoms with E-state index >= 15 is 0 Å². The summed E-state index contributed by atoms with van der Waals surface area (Å²) in [5.74, 6) is 0.881. The van der Waals surface area contributed by atoms with Gasteiger partial charge in [0.25, 0.3) is 0 Å². The number of nitrogens with two attached hydrogens (primary N) is 1. The molecule has 0 spiro atoms. The Labute approximate surface area is 105 Å². The molecule has 2 N–H and O–H groups in total. The lowest BCUT2D eigenvalue weighted by Crippen LogP contribution is -2.05. The summed E-state index contributed by atoms with van der Waals surface area (Å²) < 4.78 is 4.03. The summed E-state index contributed by atoms with van der Waals surface area (Å²) in [5.41, 5.74) is 9.92. The van der Waals surface area contributed by atoms with Gasteiger partial charge in [0.05, 0.1) is 35.8 Å². The summed E-state index contributed by atoms with van der Waals surface area (Å²) in [7, 11) is 3.97. The molecule has 0 aliphatic carbocycles. The van der Waals surface area contributed by atoms with Gasteiger partial charge in [-0.1, -0.05) is 6.07 Å². The van der Waals surface area contributed by atoms with Gasteiger partial charge in [-0.3, -0.25) is 0 Å². The van der Waals surface area contributed by atoms with Crippen LogP contribution >= 0.6 is 0 Å². The average molecular weight is 241 g/mol. The molecule has 1 aromatic carbocycles. The Morgan fingerprint density at radius 3 is 2.78 bits per heavy atom. The monoisotopic (exact) mass is 241 g/mol. The molecule has 0 bridgehead atoms. The molecule has 2 heterocycles. The maximum atomic E-state index is 5.64. The number of hydrogen-bond acceptors (Lipinski definition) is 3. The maximum absolute atomic E-state index is 5.64. The van der Waals surface area contributed by atoms with Crippen LogP contribution in [0.3, 0.4) is 0 Å². The Morgan fingerprint density at radius 1 is 1.22 bits per heavy atom. The fraction of sp³-hybridized carbons (Fsp3) is 0.231. The molecule has 3 aromatic rings. The molecule has 0 saturated carbocycles. The van der Waals surface area contributed by atoms with E-state index in [1.807, 2.05) is 35.8 Å². The highest BCUT2D eigenvalue weighted by Gasteiger charge is 2.09. The first-order valence-corrected chi connectivity index (χ1v) is 5.83. The fourth-order valence-corrected chi connectivity index (χ4v) is 2.20. The van der Waals surface area contributed by atoms with Crippen LogP contribution in [0.4, 0.5) is 0 Å². The first-order valence-electron chi connectivity index (χ1n) is 5.83. The lowest BCUT2D eigenvalue weighted by molar-refractivity contribution is 0.799. The van der Waals surface area contributed by atoms with Gasteiger partial charge in [-0.2, -0.15) is 0 Å². The van der Waals surface area contributed by atoms with Crippen molar-refractivity contribution < 1.29 is 0 Å². The molecular weight excluding hydrogens is 226 g/mol. The van der Waals surface area contributed by atoms with Crippen LogP contribution in [0.2, 0.25) is 0 Å². The third-order valence-electron chi connectivity index (χ3n) is 3.29. The summed E-state index contributed by atoms with van der Waals surface area (Å²) in [6.07, 6.45) is 3.68. The van der Waals surface area contributed by atoms with E-state index in [-0.39, 0.29) is 0 Å². The first kappa shape index (κ1) is 11.0. The third-order valence-corrected chi connectivity index (χ3v) is 3.29. The lowest BCUT2D eigenvalue weighted by atomic mass is 10.1. The topological polar surface area (TPSA) is 61.7 Å². The number of nitrogens with zero attached hydrogens (tertiary/aromatic N) is 4. The van der Waals surface area contributed by atoms with Crippen molar-refractivity contribution in [3.8, 4) is 11.3 Å². The number of hydrogen-bond donors (Lipinski definition) is 1. The predicted molar refractivity (Wildman–Crippen MR) is 70.8 cm³/mol. The quantitative estimate of drug-likeness (QED) is 0.738. The van der Waals surface area contributed by atoms with Crippen LogP contribution in [0.15, 0.2) is 30.7 Å². The largest absolute Gasteiger partial charge is 0.334 e. The summed E-state index contributed by atoms with van der Waals surface area (Å²) in [5, 5.41) is 0.